The monoisotopic (exact) mass is 325 g/mol. The van der Waals surface area contributed by atoms with Gasteiger partial charge in [-0.3, -0.25) is 4.79 Å². The quantitative estimate of drug-likeness (QED) is 0.833. The number of hydrogen-bond acceptors (Lipinski definition) is 4. The van der Waals surface area contributed by atoms with Crippen molar-refractivity contribution >= 4 is 5.91 Å². The zero-order valence-corrected chi connectivity index (χ0v) is 14.2. The molecule has 0 atom stereocenters. The number of carbonyl (C=O) groups is 1. The lowest BCUT2D eigenvalue weighted by Gasteiger charge is -2.40. The van der Waals surface area contributed by atoms with Gasteiger partial charge < -0.3 is 9.42 Å². The Balaban J connectivity index is 1.59. The van der Waals surface area contributed by atoms with E-state index >= 15 is 0 Å². The normalized spacial score (nSPS) is 17.8. The average molecular weight is 325 g/mol. The van der Waals surface area contributed by atoms with Crippen LogP contribution in [0.1, 0.15) is 68.1 Å². The van der Waals surface area contributed by atoms with E-state index in [0.717, 1.165) is 37.1 Å². The number of benzene rings is 1. The molecule has 2 saturated carbocycles. The van der Waals surface area contributed by atoms with E-state index in [0.29, 0.717) is 23.3 Å². The van der Waals surface area contributed by atoms with E-state index in [9.17, 15) is 4.79 Å². The van der Waals surface area contributed by atoms with Crippen LogP contribution in [0.4, 0.5) is 0 Å². The molecule has 2 aliphatic rings. The molecular formula is C19H23N3O2. The fraction of sp³-hybridized carbons (Fsp3) is 0.526. The van der Waals surface area contributed by atoms with Gasteiger partial charge in [0.2, 0.25) is 11.7 Å². The summed E-state index contributed by atoms with van der Waals surface area (Å²) in [6, 6.07) is 8.18. The van der Waals surface area contributed by atoms with Crippen LogP contribution in [-0.2, 0) is 0 Å². The Kier molecular flexibility index (Phi) is 3.87. The first kappa shape index (κ1) is 15.4. The van der Waals surface area contributed by atoms with Crippen molar-refractivity contribution in [2.45, 2.75) is 64.0 Å². The molecule has 0 saturated heterocycles. The van der Waals surface area contributed by atoms with E-state index in [1.54, 1.807) is 0 Å². The highest BCUT2D eigenvalue weighted by molar-refractivity contribution is 5.95. The molecule has 0 aliphatic heterocycles. The Morgan fingerprint density at radius 3 is 2.67 bits per heavy atom. The Hall–Kier alpha value is -2.17. The Morgan fingerprint density at radius 1 is 1.25 bits per heavy atom. The van der Waals surface area contributed by atoms with Crippen molar-refractivity contribution in [3.63, 3.8) is 0 Å². The van der Waals surface area contributed by atoms with Gasteiger partial charge in [0.1, 0.15) is 0 Å². The molecule has 126 valence electrons. The van der Waals surface area contributed by atoms with Gasteiger partial charge in [-0.1, -0.05) is 17.3 Å². The van der Waals surface area contributed by atoms with Gasteiger partial charge in [-0.05, 0) is 58.1 Å². The van der Waals surface area contributed by atoms with Crippen molar-refractivity contribution in [3.05, 3.63) is 35.7 Å². The molecule has 24 heavy (non-hydrogen) atoms. The number of aromatic nitrogens is 2. The maximum absolute atomic E-state index is 13.0. The molecule has 0 bridgehead atoms. The van der Waals surface area contributed by atoms with Crippen molar-refractivity contribution in [1.82, 2.24) is 15.0 Å². The highest BCUT2D eigenvalue weighted by Gasteiger charge is 2.32. The molecular weight excluding hydrogens is 302 g/mol. The van der Waals surface area contributed by atoms with Gasteiger partial charge in [0.05, 0.1) is 0 Å². The molecule has 0 radical (unpaired) electrons. The topological polar surface area (TPSA) is 59.2 Å². The summed E-state index contributed by atoms with van der Waals surface area (Å²) in [5.41, 5.74) is 1.54. The van der Waals surface area contributed by atoms with Gasteiger partial charge in [-0.25, -0.2) is 0 Å². The molecule has 4 rings (SSSR count). The number of hydrogen-bond donors (Lipinski definition) is 0. The summed E-state index contributed by atoms with van der Waals surface area (Å²) in [5, 5.41) is 4.08. The minimum atomic E-state index is 0.0995. The first-order valence-electron chi connectivity index (χ1n) is 8.90. The molecule has 2 aliphatic carbocycles. The lowest BCUT2D eigenvalue weighted by atomic mass is 9.90. The van der Waals surface area contributed by atoms with Crippen LogP contribution in [0.15, 0.2) is 28.8 Å². The largest absolute Gasteiger partial charge is 0.339 e. The highest BCUT2D eigenvalue weighted by atomic mass is 16.5. The van der Waals surface area contributed by atoms with E-state index in [1.165, 1.54) is 6.42 Å². The van der Waals surface area contributed by atoms with Crippen molar-refractivity contribution < 1.29 is 9.32 Å². The molecule has 1 aromatic heterocycles. The van der Waals surface area contributed by atoms with Crippen LogP contribution in [0, 0.1) is 0 Å². The first-order valence-corrected chi connectivity index (χ1v) is 8.90. The highest BCUT2D eigenvalue weighted by Crippen LogP contribution is 2.39. The van der Waals surface area contributed by atoms with Crippen LogP contribution in [0.25, 0.3) is 11.4 Å². The molecule has 2 fully saturated rings. The van der Waals surface area contributed by atoms with Crippen LogP contribution in [0.5, 0.6) is 0 Å². The third kappa shape index (κ3) is 2.83. The molecule has 1 aromatic carbocycles. The smallest absolute Gasteiger partial charge is 0.254 e. The molecule has 5 nitrogen and oxygen atoms in total. The van der Waals surface area contributed by atoms with E-state index < -0.39 is 0 Å². The second-order valence-electron chi connectivity index (χ2n) is 7.20. The van der Waals surface area contributed by atoms with Crippen molar-refractivity contribution in [1.29, 1.82) is 0 Å². The van der Waals surface area contributed by atoms with Gasteiger partial charge in [0.15, 0.2) is 0 Å². The second-order valence-corrected chi connectivity index (χ2v) is 7.20. The molecule has 1 amide bonds. The predicted molar refractivity (Wildman–Crippen MR) is 90.7 cm³/mol. The Morgan fingerprint density at radius 2 is 2.04 bits per heavy atom. The van der Waals surface area contributed by atoms with E-state index in [4.69, 9.17) is 4.52 Å². The van der Waals surface area contributed by atoms with Crippen molar-refractivity contribution in [2.75, 3.05) is 0 Å². The van der Waals surface area contributed by atoms with Gasteiger partial charge in [0.25, 0.3) is 5.91 Å². The number of rotatable bonds is 5. The fourth-order valence-electron chi connectivity index (χ4n) is 3.28. The summed E-state index contributed by atoms with van der Waals surface area (Å²) in [4.78, 5) is 19.5. The Bertz CT molecular complexity index is 745. The fourth-order valence-corrected chi connectivity index (χ4v) is 3.28. The van der Waals surface area contributed by atoms with Gasteiger partial charge in [0, 0.05) is 29.1 Å². The van der Waals surface area contributed by atoms with Crippen LogP contribution in [0.3, 0.4) is 0 Å². The summed E-state index contributed by atoms with van der Waals surface area (Å²) in [6.45, 7) is 4.17. The van der Waals surface area contributed by atoms with E-state index in [2.05, 4.69) is 24.0 Å². The zero-order valence-electron chi connectivity index (χ0n) is 14.2. The van der Waals surface area contributed by atoms with Crippen LogP contribution >= 0.6 is 0 Å². The zero-order chi connectivity index (χ0) is 16.7. The standard InChI is InChI=1S/C19H23N3O2/c1-12(2)22(16-7-4-8-16)19(23)15-6-3-5-14(11-15)17-20-18(24-21-17)13-9-10-13/h3,5-6,11-13,16H,4,7-10H2,1-2H3. The van der Waals surface area contributed by atoms with Gasteiger partial charge in [-0.15, -0.1) is 0 Å². The van der Waals surface area contributed by atoms with Crippen LogP contribution in [-0.4, -0.2) is 33.0 Å². The number of nitrogens with zero attached hydrogens (tertiary/aromatic N) is 3. The summed E-state index contributed by atoms with van der Waals surface area (Å²) >= 11 is 0. The minimum Gasteiger partial charge on any atom is -0.339 e. The molecule has 0 unspecified atom stereocenters. The summed E-state index contributed by atoms with van der Waals surface area (Å²) in [6.07, 6.45) is 5.70. The SMILES string of the molecule is CC(C)N(C(=O)c1cccc(-c2noc(C3CC3)n2)c1)C1CCC1. The first-order chi connectivity index (χ1) is 11.6. The summed E-state index contributed by atoms with van der Waals surface area (Å²) < 4.78 is 5.34. The second kappa shape index (κ2) is 6.04. The van der Waals surface area contributed by atoms with Gasteiger partial charge >= 0.3 is 0 Å². The number of carbonyl (C=O) groups excluding carboxylic acids is 1. The molecule has 5 heteroatoms. The van der Waals surface area contributed by atoms with Gasteiger partial charge in [-0.2, -0.15) is 4.98 Å². The molecule has 2 aromatic rings. The summed E-state index contributed by atoms with van der Waals surface area (Å²) in [5.74, 6) is 1.83. The third-order valence-corrected chi connectivity index (χ3v) is 4.99. The van der Waals surface area contributed by atoms with Crippen LogP contribution in [0.2, 0.25) is 0 Å². The van der Waals surface area contributed by atoms with Crippen molar-refractivity contribution in [3.8, 4) is 11.4 Å². The lowest BCUT2D eigenvalue weighted by Crippen LogP contribution is -2.48. The third-order valence-electron chi connectivity index (χ3n) is 4.99. The lowest BCUT2D eigenvalue weighted by molar-refractivity contribution is 0.0489. The molecule has 0 spiro atoms. The number of amides is 1. The van der Waals surface area contributed by atoms with Crippen LogP contribution < -0.4 is 0 Å². The van der Waals surface area contributed by atoms with E-state index in [-0.39, 0.29) is 11.9 Å². The predicted octanol–water partition coefficient (Wildman–Crippen LogP) is 4.02. The Labute approximate surface area is 142 Å². The maximum atomic E-state index is 13.0. The molecule has 0 N–H and O–H groups in total. The van der Waals surface area contributed by atoms with Crippen molar-refractivity contribution in [2.24, 2.45) is 0 Å². The maximum Gasteiger partial charge on any atom is 0.254 e. The minimum absolute atomic E-state index is 0.0995. The summed E-state index contributed by atoms with van der Waals surface area (Å²) in [7, 11) is 0. The molecule has 1 heterocycles. The van der Waals surface area contributed by atoms with E-state index in [1.807, 2.05) is 29.2 Å². The average Bonchev–Trinajstić information content (AvgIpc) is 3.27.